The van der Waals surface area contributed by atoms with Gasteiger partial charge in [0.1, 0.15) is 12.1 Å². The van der Waals surface area contributed by atoms with Crippen molar-refractivity contribution >= 4 is 27.4 Å². The van der Waals surface area contributed by atoms with Crippen LogP contribution in [0.25, 0.3) is 0 Å². The maximum Gasteiger partial charge on any atom is 0.374 e. The van der Waals surface area contributed by atoms with Crippen molar-refractivity contribution in [2.24, 2.45) is 0 Å². The first-order valence-electron chi connectivity index (χ1n) is 5.84. The van der Waals surface area contributed by atoms with Crippen molar-refractivity contribution in [3.05, 3.63) is 45.2 Å². The molecule has 0 bridgehead atoms. The Morgan fingerprint density at radius 3 is 2.52 bits per heavy atom. The van der Waals surface area contributed by atoms with Gasteiger partial charge in [-0.2, -0.15) is 4.98 Å². The van der Waals surface area contributed by atoms with Gasteiger partial charge in [-0.3, -0.25) is 15.5 Å². The summed E-state index contributed by atoms with van der Waals surface area (Å²) in [7, 11) is 3.39. The van der Waals surface area contributed by atoms with Gasteiger partial charge in [-0.1, -0.05) is 15.9 Å². The average Bonchev–Trinajstić information content (AvgIpc) is 2.40. The molecule has 110 valence electrons. The Labute approximate surface area is 129 Å². The molecule has 1 aromatic carbocycles. The highest BCUT2D eigenvalue weighted by molar-refractivity contribution is 9.10. The number of hydrazine groups is 1. The number of ether oxygens (including phenoxy) is 1. The van der Waals surface area contributed by atoms with Gasteiger partial charge in [0.25, 0.3) is 0 Å². The van der Waals surface area contributed by atoms with Gasteiger partial charge in [0.15, 0.2) is 0 Å². The van der Waals surface area contributed by atoms with Crippen molar-refractivity contribution in [1.29, 1.82) is 0 Å². The van der Waals surface area contributed by atoms with E-state index in [0.717, 1.165) is 4.47 Å². The third-order valence-corrected chi connectivity index (χ3v) is 2.86. The summed E-state index contributed by atoms with van der Waals surface area (Å²) in [6.45, 7) is 0. The minimum atomic E-state index is -0.583. The predicted molar refractivity (Wildman–Crippen MR) is 80.2 cm³/mol. The van der Waals surface area contributed by atoms with Crippen LogP contribution >= 0.6 is 15.9 Å². The number of nitro groups is 1. The molecule has 21 heavy (non-hydrogen) atoms. The fourth-order valence-electron chi connectivity index (χ4n) is 1.51. The molecule has 8 nitrogen and oxygen atoms in total. The molecule has 0 saturated carbocycles. The van der Waals surface area contributed by atoms with E-state index in [9.17, 15) is 10.1 Å². The van der Waals surface area contributed by atoms with E-state index in [1.807, 2.05) is 0 Å². The van der Waals surface area contributed by atoms with Gasteiger partial charge in [0.2, 0.25) is 5.82 Å². The summed E-state index contributed by atoms with van der Waals surface area (Å²) in [5.41, 5.74) is 2.42. The first-order valence-corrected chi connectivity index (χ1v) is 6.63. The van der Waals surface area contributed by atoms with Crippen LogP contribution in [0.1, 0.15) is 0 Å². The van der Waals surface area contributed by atoms with Crippen molar-refractivity contribution in [2.45, 2.75) is 0 Å². The van der Waals surface area contributed by atoms with Crippen LogP contribution in [-0.4, -0.2) is 34.0 Å². The van der Waals surface area contributed by atoms with E-state index in [0.29, 0.717) is 5.75 Å². The quantitative estimate of drug-likeness (QED) is 0.652. The third-order valence-electron chi connectivity index (χ3n) is 2.33. The average molecular weight is 354 g/mol. The minimum Gasteiger partial charge on any atom is -0.434 e. The summed E-state index contributed by atoms with van der Waals surface area (Å²) in [5, 5.41) is 12.8. The van der Waals surface area contributed by atoms with Crippen LogP contribution in [0, 0.1) is 10.1 Å². The maximum absolute atomic E-state index is 11.2. The largest absolute Gasteiger partial charge is 0.434 e. The van der Waals surface area contributed by atoms with Crippen molar-refractivity contribution in [2.75, 3.05) is 19.5 Å². The number of anilines is 1. The van der Waals surface area contributed by atoms with E-state index >= 15 is 0 Å². The zero-order valence-electron chi connectivity index (χ0n) is 11.3. The summed E-state index contributed by atoms with van der Waals surface area (Å²) in [6, 6.07) is 6.88. The molecular weight excluding hydrogens is 342 g/mol. The normalized spacial score (nSPS) is 10.5. The number of halogens is 1. The van der Waals surface area contributed by atoms with Crippen LogP contribution in [0.5, 0.6) is 11.6 Å². The maximum atomic E-state index is 11.2. The van der Waals surface area contributed by atoms with Crippen molar-refractivity contribution in [1.82, 2.24) is 15.0 Å². The predicted octanol–water partition coefficient (Wildman–Crippen LogP) is 2.83. The molecule has 0 aliphatic carbocycles. The highest BCUT2D eigenvalue weighted by atomic mass is 79.9. The molecule has 0 aliphatic heterocycles. The topological polar surface area (TPSA) is 93.4 Å². The van der Waals surface area contributed by atoms with Crippen LogP contribution < -0.4 is 10.2 Å². The Morgan fingerprint density at radius 1 is 1.29 bits per heavy atom. The highest BCUT2D eigenvalue weighted by Crippen LogP contribution is 2.34. The lowest BCUT2D eigenvalue weighted by Crippen LogP contribution is -2.21. The van der Waals surface area contributed by atoms with Gasteiger partial charge in [0.05, 0.1) is 4.92 Å². The first-order chi connectivity index (χ1) is 9.97. The zero-order chi connectivity index (χ0) is 15.4. The van der Waals surface area contributed by atoms with Crippen LogP contribution in [-0.2, 0) is 0 Å². The van der Waals surface area contributed by atoms with Crippen molar-refractivity contribution in [3.8, 4) is 11.6 Å². The standard InChI is InChI=1S/C12H12BrN5O3/c1-17(2)16-11-10(18(19)20)12(15-7-14-11)21-9-5-3-8(13)4-6-9/h3-7H,1-2H3,(H,14,15,16). The van der Waals surface area contributed by atoms with Gasteiger partial charge < -0.3 is 4.74 Å². The fourth-order valence-corrected chi connectivity index (χ4v) is 1.77. The molecule has 1 heterocycles. The number of hydrogen-bond donors (Lipinski definition) is 1. The van der Waals surface area contributed by atoms with Crippen molar-refractivity contribution < 1.29 is 9.66 Å². The highest BCUT2D eigenvalue weighted by Gasteiger charge is 2.25. The number of nitrogens with zero attached hydrogens (tertiary/aromatic N) is 4. The Kier molecular flexibility index (Phi) is 4.66. The summed E-state index contributed by atoms with van der Waals surface area (Å²) in [6.07, 6.45) is 1.20. The molecule has 2 rings (SSSR count). The van der Waals surface area contributed by atoms with Gasteiger partial charge in [-0.25, -0.2) is 9.99 Å². The molecule has 9 heteroatoms. The SMILES string of the molecule is CN(C)Nc1ncnc(Oc2ccc(Br)cc2)c1[N+](=O)[O-]. The summed E-state index contributed by atoms with van der Waals surface area (Å²) < 4.78 is 6.35. The van der Waals surface area contributed by atoms with Crippen LogP contribution in [0.4, 0.5) is 11.5 Å². The smallest absolute Gasteiger partial charge is 0.374 e. The Hall–Kier alpha value is -2.26. The van der Waals surface area contributed by atoms with Gasteiger partial charge >= 0.3 is 11.6 Å². The van der Waals surface area contributed by atoms with E-state index in [-0.39, 0.29) is 17.4 Å². The lowest BCUT2D eigenvalue weighted by molar-refractivity contribution is -0.385. The van der Waals surface area contributed by atoms with E-state index < -0.39 is 4.92 Å². The summed E-state index contributed by atoms with van der Waals surface area (Å²) in [5.74, 6) is 0.379. The molecule has 0 amide bonds. The summed E-state index contributed by atoms with van der Waals surface area (Å²) >= 11 is 3.30. The minimum absolute atomic E-state index is 0.0621. The fraction of sp³-hybridized carbons (Fsp3) is 0.167. The Balaban J connectivity index is 2.38. The molecule has 0 spiro atoms. The van der Waals surface area contributed by atoms with Crippen LogP contribution in [0.15, 0.2) is 35.1 Å². The number of nitrogens with one attached hydrogen (secondary N) is 1. The molecule has 0 atom stereocenters. The molecule has 0 unspecified atom stereocenters. The second-order valence-electron chi connectivity index (χ2n) is 4.20. The lowest BCUT2D eigenvalue weighted by atomic mass is 10.3. The molecule has 2 aromatic rings. The van der Waals surface area contributed by atoms with Crippen LogP contribution in [0.3, 0.4) is 0 Å². The second-order valence-corrected chi connectivity index (χ2v) is 5.11. The zero-order valence-corrected chi connectivity index (χ0v) is 12.9. The molecule has 0 aliphatic rings. The summed E-state index contributed by atoms with van der Waals surface area (Å²) in [4.78, 5) is 18.4. The second kappa shape index (κ2) is 6.46. The number of aromatic nitrogens is 2. The molecule has 1 aromatic heterocycles. The van der Waals surface area contributed by atoms with Gasteiger partial charge in [-0.05, 0) is 24.3 Å². The van der Waals surface area contributed by atoms with E-state index in [1.54, 1.807) is 43.4 Å². The molecule has 1 N–H and O–H groups in total. The van der Waals surface area contributed by atoms with E-state index in [4.69, 9.17) is 4.74 Å². The number of benzene rings is 1. The molecule has 0 fully saturated rings. The van der Waals surface area contributed by atoms with Gasteiger partial charge in [0, 0.05) is 18.6 Å². The molecule has 0 saturated heterocycles. The third kappa shape index (κ3) is 3.86. The molecule has 0 radical (unpaired) electrons. The Morgan fingerprint density at radius 2 is 1.95 bits per heavy atom. The molecular formula is C12H12BrN5O3. The first kappa shape index (κ1) is 15.1. The number of hydrogen-bond acceptors (Lipinski definition) is 7. The number of rotatable bonds is 5. The van der Waals surface area contributed by atoms with Crippen molar-refractivity contribution in [3.63, 3.8) is 0 Å². The van der Waals surface area contributed by atoms with E-state index in [2.05, 4.69) is 31.3 Å². The van der Waals surface area contributed by atoms with Crippen LogP contribution in [0.2, 0.25) is 0 Å². The lowest BCUT2D eigenvalue weighted by Gasteiger charge is -2.13. The van der Waals surface area contributed by atoms with Gasteiger partial charge in [-0.15, -0.1) is 0 Å². The van der Waals surface area contributed by atoms with E-state index in [1.165, 1.54) is 6.33 Å². The Bertz CT molecular complexity index is 648. The monoisotopic (exact) mass is 353 g/mol.